The van der Waals surface area contributed by atoms with E-state index in [1.807, 2.05) is 0 Å². The van der Waals surface area contributed by atoms with Crippen LogP contribution in [0, 0.1) is 17.3 Å². The minimum Gasteiger partial charge on any atom is -0.355 e. The van der Waals surface area contributed by atoms with E-state index in [-0.39, 0.29) is 0 Å². The van der Waals surface area contributed by atoms with E-state index in [2.05, 4.69) is 19.2 Å². The maximum atomic E-state index is 11.7. The molecule has 0 aliphatic heterocycles. The minimum atomic E-state index is 0.315. The normalized spacial score (nSPS) is 23.7. The number of hydrogen-bond acceptors (Lipinski definition) is 1. The summed E-state index contributed by atoms with van der Waals surface area (Å²) in [6.45, 7) is 5.52. The van der Waals surface area contributed by atoms with E-state index < -0.39 is 0 Å². The first-order valence-electron chi connectivity index (χ1n) is 6.89. The largest absolute Gasteiger partial charge is 0.355 e. The first kappa shape index (κ1) is 11.9. The summed E-state index contributed by atoms with van der Waals surface area (Å²) < 4.78 is 0. The average Bonchev–Trinajstić information content (AvgIpc) is 2.97. The predicted molar refractivity (Wildman–Crippen MR) is 66.1 cm³/mol. The van der Waals surface area contributed by atoms with Crippen LogP contribution in [0.4, 0.5) is 0 Å². The van der Waals surface area contributed by atoms with Gasteiger partial charge in [-0.3, -0.25) is 4.79 Å². The van der Waals surface area contributed by atoms with Crippen molar-refractivity contribution in [2.45, 2.75) is 58.8 Å². The molecule has 92 valence electrons. The van der Waals surface area contributed by atoms with Crippen LogP contribution in [0.1, 0.15) is 58.8 Å². The van der Waals surface area contributed by atoms with Crippen LogP contribution < -0.4 is 5.32 Å². The molecule has 0 aromatic rings. The highest BCUT2D eigenvalue weighted by Crippen LogP contribution is 2.42. The zero-order chi connectivity index (χ0) is 11.6. The third-order valence-corrected chi connectivity index (χ3v) is 4.09. The molecule has 0 saturated heterocycles. The van der Waals surface area contributed by atoms with Gasteiger partial charge in [-0.25, -0.2) is 0 Å². The Balaban J connectivity index is 1.84. The molecule has 0 heterocycles. The van der Waals surface area contributed by atoms with E-state index in [0.29, 0.717) is 17.2 Å². The Bertz CT molecular complexity index is 249. The van der Waals surface area contributed by atoms with E-state index in [1.165, 1.54) is 32.1 Å². The standard InChI is InChI=1S/C14H25NO/c1-11(2)9-14(7-3-4-8-14)10-15-13(16)12-5-6-12/h11-12H,3-10H2,1-2H3,(H,15,16). The Morgan fingerprint density at radius 3 is 2.44 bits per heavy atom. The zero-order valence-electron chi connectivity index (χ0n) is 10.7. The van der Waals surface area contributed by atoms with Gasteiger partial charge in [0.15, 0.2) is 0 Å². The summed E-state index contributed by atoms with van der Waals surface area (Å²) >= 11 is 0. The van der Waals surface area contributed by atoms with Gasteiger partial charge in [0, 0.05) is 12.5 Å². The molecule has 0 aromatic heterocycles. The van der Waals surface area contributed by atoms with Gasteiger partial charge in [-0.15, -0.1) is 0 Å². The molecule has 16 heavy (non-hydrogen) atoms. The van der Waals surface area contributed by atoms with Gasteiger partial charge in [0.2, 0.25) is 5.91 Å². The molecular formula is C14H25NO. The van der Waals surface area contributed by atoms with Crippen LogP contribution in [0.5, 0.6) is 0 Å². The van der Waals surface area contributed by atoms with Crippen LogP contribution in [-0.2, 0) is 4.79 Å². The first-order chi connectivity index (χ1) is 7.61. The quantitative estimate of drug-likeness (QED) is 0.762. The van der Waals surface area contributed by atoms with Crippen molar-refractivity contribution in [3.8, 4) is 0 Å². The number of rotatable bonds is 5. The summed E-state index contributed by atoms with van der Waals surface area (Å²) in [5.74, 6) is 1.42. The second-order valence-corrected chi connectivity index (χ2v) is 6.30. The lowest BCUT2D eigenvalue weighted by atomic mass is 9.78. The molecule has 0 unspecified atom stereocenters. The lowest BCUT2D eigenvalue weighted by molar-refractivity contribution is -0.122. The monoisotopic (exact) mass is 223 g/mol. The summed E-state index contributed by atoms with van der Waals surface area (Å²) in [6.07, 6.45) is 8.84. The predicted octanol–water partition coefficient (Wildman–Crippen LogP) is 3.12. The topological polar surface area (TPSA) is 29.1 Å². The van der Waals surface area contributed by atoms with Crippen molar-refractivity contribution in [3.63, 3.8) is 0 Å². The Morgan fingerprint density at radius 1 is 1.31 bits per heavy atom. The number of hydrogen-bond donors (Lipinski definition) is 1. The van der Waals surface area contributed by atoms with Gasteiger partial charge in [0.25, 0.3) is 0 Å². The van der Waals surface area contributed by atoms with Crippen molar-refractivity contribution in [2.24, 2.45) is 17.3 Å². The van der Waals surface area contributed by atoms with Crippen LogP contribution in [0.2, 0.25) is 0 Å². The van der Waals surface area contributed by atoms with Crippen LogP contribution in [0.3, 0.4) is 0 Å². The Morgan fingerprint density at radius 2 is 1.94 bits per heavy atom. The van der Waals surface area contributed by atoms with E-state index in [4.69, 9.17) is 0 Å². The maximum Gasteiger partial charge on any atom is 0.223 e. The second kappa shape index (κ2) is 4.77. The Kier molecular flexibility index (Phi) is 3.56. The second-order valence-electron chi connectivity index (χ2n) is 6.30. The number of nitrogens with one attached hydrogen (secondary N) is 1. The minimum absolute atomic E-state index is 0.315. The molecule has 0 radical (unpaired) electrons. The molecule has 1 N–H and O–H groups in total. The lowest BCUT2D eigenvalue weighted by Gasteiger charge is -2.31. The van der Waals surface area contributed by atoms with E-state index in [1.54, 1.807) is 0 Å². The molecular weight excluding hydrogens is 198 g/mol. The average molecular weight is 223 g/mol. The molecule has 2 rings (SSSR count). The zero-order valence-corrected chi connectivity index (χ0v) is 10.7. The maximum absolute atomic E-state index is 11.7. The fraction of sp³-hybridized carbons (Fsp3) is 0.929. The Labute approximate surface area is 99.2 Å². The third-order valence-electron chi connectivity index (χ3n) is 4.09. The smallest absolute Gasteiger partial charge is 0.223 e. The van der Waals surface area contributed by atoms with Gasteiger partial charge in [0.05, 0.1) is 0 Å². The fourth-order valence-corrected chi connectivity index (χ4v) is 3.21. The molecule has 2 nitrogen and oxygen atoms in total. The number of carbonyl (C=O) groups is 1. The van der Waals surface area contributed by atoms with Gasteiger partial charge in [-0.1, -0.05) is 26.7 Å². The molecule has 0 bridgehead atoms. The molecule has 2 saturated carbocycles. The van der Waals surface area contributed by atoms with Crippen molar-refractivity contribution >= 4 is 5.91 Å². The van der Waals surface area contributed by atoms with Gasteiger partial charge >= 0.3 is 0 Å². The molecule has 2 heteroatoms. The van der Waals surface area contributed by atoms with Gasteiger partial charge in [0.1, 0.15) is 0 Å². The summed E-state index contributed by atoms with van der Waals surface area (Å²) in [4.78, 5) is 11.7. The van der Waals surface area contributed by atoms with Crippen molar-refractivity contribution in [1.29, 1.82) is 0 Å². The van der Waals surface area contributed by atoms with E-state index in [0.717, 1.165) is 25.3 Å². The highest BCUT2D eigenvalue weighted by molar-refractivity contribution is 5.80. The molecule has 2 aliphatic carbocycles. The highest BCUT2D eigenvalue weighted by atomic mass is 16.2. The van der Waals surface area contributed by atoms with Crippen LogP contribution in [-0.4, -0.2) is 12.5 Å². The van der Waals surface area contributed by atoms with Gasteiger partial charge in [-0.2, -0.15) is 0 Å². The summed E-state index contributed by atoms with van der Waals surface area (Å²) in [5.41, 5.74) is 0.429. The van der Waals surface area contributed by atoms with Crippen molar-refractivity contribution in [3.05, 3.63) is 0 Å². The van der Waals surface area contributed by atoms with E-state index >= 15 is 0 Å². The highest BCUT2D eigenvalue weighted by Gasteiger charge is 2.36. The summed E-state index contributed by atoms with van der Waals surface area (Å²) in [6, 6.07) is 0. The lowest BCUT2D eigenvalue weighted by Crippen LogP contribution is -2.37. The molecule has 0 aromatic carbocycles. The van der Waals surface area contributed by atoms with Crippen LogP contribution in [0.25, 0.3) is 0 Å². The molecule has 1 amide bonds. The number of carbonyl (C=O) groups excluding carboxylic acids is 1. The summed E-state index contributed by atoms with van der Waals surface area (Å²) in [7, 11) is 0. The molecule has 0 spiro atoms. The summed E-state index contributed by atoms with van der Waals surface area (Å²) in [5, 5.41) is 3.19. The fourth-order valence-electron chi connectivity index (χ4n) is 3.21. The molecule has 0 atom stereocenters. The van der Waals surface area contributed by atoms with Crippen LogP contribution >= 0.6 is 0 Å². The van der Waals surface area contributed by atoms with Crippen LogP contribution in [0.15, 0.2) is 0 Å². The van der Waals surface area contributed by atoms with Gasteiger partial charge < -0.3 is 5.32 Å². The van der Waals surface area contributed by atoms with Crippen molar-refractivity contribution in [2.75, 3.05) is 6.54 Å². The number of amides is 1. The third kappa shape index (κ3) is 2.99. The van der Waals surface area contributed by atoms with Gasteiger partial charge in [-0.05, 0) is 43.4 Å². The van der Waals surface area contributed by atoms with E-state index in [9.17, 15) is 4.79 Å². The first-order valence-corrected chi connectivity index (χ1v) is 6.89. The van der Waals surface area contributed by atoms with Crippen molar-refractivity contribution < 1.29 is 4.79 Å². The Hall–Kier alpha value is -0.530. The molecule has 2 aliphatic rings. The molecule has 2 fully saturated rings. The SMILES string of the molecule is CC(C)CC1(CNC(=O)C2CC2)CCCC1. The van der Waals surface area contributed by atoms with Crippen molar-refractivity contribution in [1.82, 2.24) is 5.32 Å².